The zero-order valence-electron chi connectivity index (χ0n) is 34.6. The topological polar surface area (TPSA) is 6.48 Å². The number of aryl methyl sites for hydroxylation is 2. The van der Waals surface area contributed by atoms with Crippen LogP contribution in [0.1, 0.15) is 22.3 Å². The third kappa shape index (κ3) is 5.97. The molecule has 0 aliphatic heterocycles. The molecule has 0 bridgehead atoms. The minimum atomic E-state index is -2.02. The molecule has 1 aliphatic carbocycles. The molecule has 0 spiro atoms. The van der Waals surface area contributed by atoms with E-state index in [9.17, 15) is 0 Å². The molecule has 0 fully saturated rings. The van der Waals surface area contributed by atoms with Crippen molar-refractivity contribution >= 4 is 71.8 Å². The van der Waals surface area contributed by atoms with Crippen LogP contribution in [0, 0.1) is 13.8 Å². The van der Waals surface area contributed by atoms with Crippen molar-refractivity contribution in [3.05, 3.63) is 192 Å². The molecule has 0 aromatic heterocycles. The monoisotopic (exact) mass is 772 g/mol. The van der Waals surface area contributed by atoms with E-state index >= 15 is 0 Å². The van der Waals surface area contributed by atoms with Crippen LogP contribution < -0.4 is 9.80 Å². The number of fused-ring (bicyclic) bond motifs is 6. The average molecular weight is 773 g/mol. The fourth-order valence-corrected chi connectivity index (χ4v) is 23.4. The number of anilines is 6. The molecule has 9 rings (SSSR count). The van der Waals surface area contributed by atoms with E-state index in [1.54, 1.807) is 0 Å². The summed E-state index contributed by atoms with van der Waals surface area (Å²) in [4.78, 5) is 4.89. The normalized spacial score (nSPS) is 13.4. The van der Waals surface area contributed by atoms with Gasteiger partial charge in [-0.15, -0.1) is 0 Å². The van der Waals surface area contributed by atoms with Gasteiger partial charge in [0.05, 0.1) is 21.8 Å². The largest absolute Gasteiger partial charge is 0.310 e. The highest BCUT2D eigenvalue weighted by Gasteiger charge is 2.59. The van der Waals surface area contributed by atoms with Crippen LogP contribution in [0.3, 0.4) is 0 Å². The Bertz CT molecular complexity index is 2750. The second-order valence-corrected chi connectivity index (χ2v) is 29.1. The molecule has 2 nitrogen and oxygen atoms in total. The van der Waals surface area contributed by atoms with Crippen LogP contribution in [-0.4, -0.2) is 16.1 Å². The summed E-state index contributed by atoms with van der Waals surface area (Å²) in [7, 11) is -4.05. The lowest BCUT2D eigenvalue weighted by Gasteiger charge is -2.51. The molecule has 57 heavy (non-hydrogen) atoms. The number of benzene rings is 8. The van der Waals surface area contributed by atoms with Crippen molar-refractivity contribution in [2.45, 2.75) is 57.8 Å². The van der Waals surface area contributed by atoms with E-state index in [0.717, 1.165) is 11.4 Å². The Morgan fingerprint density at radius 2 is 0.860 bits per heavy atom. The standard InChI is InChI=1S/C53H52N2Si2/c1-37-23-28-43(29-24-37)54(41-17-11-9-12-18-41)45-32-27-39-34-48-49(35-40(39)33-45)53(56(3,4)5,57(6,7)8)50-36-51(46-21-15-16-22-47(46)52(48)50)55(42-19-13-10-14-20-42)44-30-25-38(2)26-31-44/h9-36H,1-8H3. The van der Waals surface area contributed by atoms with Crippen molar-refractivity contribution in [1.29, 1.82) is 0 Å². The molecule has 1 aliphatic rings. The highest BCUT2D eigenvalue weighted by Crippen LogP contribution is 2.61. The van der Waals surface area contributed by atoms with Crippen molar-refractivity contribution in [3.8, 4) is 11.1 Å². The molecule has 8 aromatic carbocycles. The Kier molecular flexibility index (Phi) is 8.91. The molecule has 4 heteroatoms. The Morgan fingerprint density at radius 3 is 1.42 bits per heavy atom. The molecule has 0 amide bonds. The van der Waals surface area contributed by atoms with Gasteiger partial charge in [0.25, 0.3) is 0 Å². The van der Waals surface area contributed by atoms with E-state index in [0.29, 0.717) is 0 Å². The predicted molar refractivity (Wildman–Crippen MR) is 253 cm³/mol. The first kappa shape index (κ1) is 36.9. The molecule has 0 unspecified atom stereocenters. The van der Waals surface area contributed by atoms with Gasteiger partial charge in [-0.2, -0.15) is 0 Å². The third-order valence-electron chi connectivity index (χ3n) is 12.4. The van der Waals surface area contributed by atoms with Crippen LogP contribution in [0.4, 0.5) is 34.1 Å². The van der Waals surface area contributed by atoms with Gasteiger partial charge in [-0.05, 0) is 125 Å². The molecule has 0 N–H and O–H groups in total. The number of hydrogen-bond acceptors (Lipinski definition) is 2. The lowest BCUT2D eigenvalue weighted by atomic mass is 9.94. The summed E-state index contributed by atoms with van der Waals surface area (Å²) in [6, 6.07) is 63.7. The van der Waals surface area contributed by atoms with Crippen molar-refractivity contribution in [2.24, 2.45) is 0 Å². The summed E-state index contributed by atoms with van der Waals surface area (Å²) in [6.45, 7) is 20.1. The van der Waals surface area contributed by atoms with E-state index in [-0.39, 0.29) is 4.66 Å². The summed E-state index contributed by atoms with van der Waals surface area (Å²) >= 11 is 0. The lowest BCUT2D eigenvalue weighted by molar-refractivity contribution is 0.954. The van der Waals surface area contributed by atoms with Gasteiger partial charge < -0.3 is 9.80 Å². The van der Waals surface area contributed by atoms with Gasteiger partial charge in [0.1, 0.15) is 0 Å². The molecular weight excluding hydrogens is 721 g/mol. The van der Waals surface area contributed by atoms with Gasteiger partial charge in [0.2, 0.25) is 0 Å². The quantitative estimate of drug-likeness (QED) is 0.142. The molecule has 0 saturated carbocycles. The first-order valence-electron chi connectivity index (χ1n) is 20.4. The number of rotatable bonds is 8. The first-order chi connectivity index (χ1) is 27.4. The van der Waals surface area contributed by atoms with E-state index in [2.05, 4.69) is 233 Å². The van der Waals surface area contributed by atoms with Gasteiger partial charge in [0, 0.05) is 38.5 Å². The van der Waals surface area contributed by atoms with Crippen molar-refractivity contribution < 1.29 is 0 Å². The second kappa shape index (κ2) is 13.8. The fraction of sp³-hybridized carbons (Fsp3) is 0.170. The number of nitrogens with zero attached hydrogens (tertiary/aromatic N) is 2. The maximum atomic E-state index is 2.63. The third-order valence-corrected chi connectivity index (χ3v) is 22.5. The van der Waals surface area contributed by atoms with E-state index in [4.69, 9.17) is 0 Å². The number of para-hydroxylation sites is 2. The summed E-state index contributed by atoms with van der Waals surface area (Å²) < 4.78 is -0.0562. The Labute approximate surface area is 341 Å². The van der Waals surface area contributed by atoms with Gasteiger partial charge in [-0.25, -0.2) is 0 Å². The predicted octanol–water partition coefficient (Wildman–Crippen LogP) is 15.6. The van der Waals surface area contributed by atoms with Crippen LogP contribution in [0.5, 0.6) is 0 Å². The van der Waals surface area contributed by atoms with Crippen LogP contribution in [-0.2, 0) is 4.66 Å². The summed E-state index contributed by atoms with van der Waals surface area (Å²) in [5, 5.41) is 5.19. The Balaban J connectivity index is 1.34. The Hall–Kier alpha value is -5.69. The van der Waals surface area contributed by atoms with Crippen LogP contribution >= 0.6 is 0 Å². The highest BCUT2D eigenvalue weighted by atomic mass is 28.4. The molecular formula is C53H52N2Si2. The average Bonchev–Trinajstić information content (AvgIpc) is 3.50. The summed E-state index contributed by atoms with van der Waals surface area (Å²) in [5.41, 5.74) is 15.5. The van der Waals surface area contributed by atoms with E-state index in [1.165, 1.54) is 77.7 Å². The first-order valence-corrected chi connectivity index (χ1v) is 27.4. The van der Waals surface area contributed by atoms with Crippen LogP contribution in [0.25, 0.3) is 32.7 Å². The molecule has 0 radical (unpaired) electrons. The van der Waals surface area contributed by atoms with E-state index < -0.39 is 16.1 Å². The number of hydrogen-bond donors (Lipinski definition) is 0. The van der Waals surface area contributed by atoms with E-state index in [1.807, 2.05) is 0 Å². The van der Waals surface area contributed by atoms with Gasteiger partial charge >= 0.3 is 0 Å². The SMILES string of the molecule is Cc1ccc(N(c2ccccc2)c2ccc3cc4c(cc3c2)C([Si](C)(C)C)([Si](C)(C)C)c2cc(N(c3ccccc3)c3ccc(C)cc3)c3ccccc3c2-4)cc1. The van der Waals surface area contributed by atoms with Gasteiger partial charge in [-0.1, -0.05) is 147 Å². The van der Waals surface area contributed by atoms with Crippen molar-refractivity contribution in [2.75, 3.05) is 9.80 Å². The fourth-order valence-electron chi connectivity index (χ4n) is 10.4. The summed E-state index contributed by atoms with van der Waals surface area (Å²) in [6.07, 6.45) is 0. The van der Waals surface area contributed by atoms with Crippen LogP contribution in [0.15, 0.2) is 170 Å². The Morgan fingerprint density at radius 1 is 0.386 bits per heavy atom. The second-order valence-electron chi connectivity index (χ2n) is 18.1. The maximum absolute atomic E-state index is 2.63. The molecule has 0 atom stereocenters. The zero-order valence-corrected chi connectivity index (χ0v) is 36.6. The molecule has 0 saturated heterocycles. The smallest absolute Gasteiger partial charge is 0.0579 e. The zero-order chi connectivity index (χ0) is 39.7. The van der Waals surface area contributed by atoms with Crippen molar-refractivity contribution in [3.63, 3.8) is 0 Å². The molecule has 8 aromatic rings. The lowest BCUT2D eigenvalue weighted by Crippen LogP contribution is -2.63. The van der Waals surface area contributed by atoms with Crippen molar-refractivity contribution in [1.82, 2.24) is 0 Å². The maximum Gasteiger partial charge on any atom is 0.0579 e. The minimum Gasteiger partial charge on any atom is -0.310 e. The molecule has 282 valence electrons. The van der Waals surface area contributed by atoms with Gasteiger partial charge in [0.15, 0.2) is 0 Å². The molecule has 0 heterocycles. The van der Waals surface area contributed by atoms with Gasteiger partial charge in [-0.3, -0.25) is 0 Å². The minimum absolute atomic E-state index is 0.0562. The summed E-state index contributed by atoms with van der Waals surface area (Å²) in [5.74, 6) is 0. The van der Waals surface area contributed by atoms with Crippen LogP contribution in [0.2, 0.25) is 39.3 Å². The highest BCUT2D eigenvalue weighted by molar-refractivity contribution is 6.99.